The number of sulfonamides is 1. The van der Waals surface area contributed by atoms with Crippen molar-refractivity contribution < 1.29 is 17.6 Å². The van der Waals surface area contributed by atoms with E-state index in [0.29, 0.717) is 23.0 Å². The van der Waals surface area contributed by atoms with Gasteiger partial charge in [-0.25, -0.2) is 13.4 Å². The molecule has 8 heteroatoms. The molecule has 0 spiro atoms. The van der Waals surface area contributed by atoms with Crippen LogP contribution >= 0.6 is 11.3 Å². The van der Waals surface area contributed by atoms with Crippen molar-refractivity contribution in [3.8, 4) is 17.2 Å². The standard InChI is InChI=1S/C24H24N2O4S2/c1-17(2)29-21-13-11-19(12-14-21)24-25-22(18(3)30-24)16-26(20-8-5-4-6-9-20)32(27,28)23-10-7-15-31-23/h4-15,17H,16H2,1-3H3. The Hall–Kier alpha value is -3.10. The molecule has 166 valence electrons. The Morgan fingerprint density at radius 1 is 1.03 bits per heavy atom. The smallest absolute Gasteiger partial charge is 0.274 e. The summed E-state index contributed by atoms with van der Waals surface area (Å²) in [6.45, 7) is 5.80. The third-order valence-electron chi connectivity index (χ3n) is 4.74. The molecule has 0 N–H and O–H groups in total. The van der Waals surface area contributed by atoms with Gasteiger partial charge in [0.1, 0.15) is 21.4 Å². The van der Waals surface area contributed by atoms with Crippen molar-refractivity contribution in [3.05, 3.63) is 83.6 Å². The Balaban J connectivity index is 1.66. The molecule has 2 heterocycles. The van der Waals surface area contributed by atoms with Crippen LogP contribution in [0, 0.1) is 6.92 Å². The number of anilines is 1. The molecule has 4 aromatic rings. The van der Waals surface area contributed by atoms with Gasteiger partial charge < -0.3 is 9.15 Å². The Morgan fingerprint density at radius 2 is 1.75 bits per heavy atom. The number of aromatic nitrogens is 1. The zero-order valence-electron chi connectivity index (χ0n) is 18.1. The van der Waals surface area contributed by atoms with Gasteiger partial charge in [0, 0.05) is 5.56 Å². The first-order chi connectivity index (χ1) is 15.3. The van der Waals surface area contributed by atoms with E-state index in [0.717, 1.165) is 11.3 Å². The van der Waals surface area contributed by atoms with Crippen LogP contribution in [0.3, 0.4) is 0 Å². The summed E-state index contributed by atoms with van der Waals surface area (Å²) in [6, 6.07) is 19.9. The molecule has 6 nitrogen and oxygen atoms in total. The molecule has 0 aliphatic carbocycles. The fraction of sp³-hybridized carbons (Fsp3) is 0.208. The lowest BCUT2D eigenvalue weighted by Gasteiger charge is -2.23. The maximum Gasteiger partial charge on any atom is 0.274 e. The van der Waals surface area contributed by atoms with E-state index in [4.69, 9.17) is 9.15 Å². The minimum Gasteiger partial charge on any atom is -0.491 e. The number of nitrogens with zero attached hydrogens (tertiary/aromatic N) is 2. The van der Waals surface area contributed by atoms with Crippen molar-refractivity contribution in [2.24, 2.45) is 0 Å². The van der Waals surface area contributed by atoms with Crippen molar-refractivity contribution in [1.82, 2.24) is 4.98 Å². The normalized spacial score (nSPS) is 11.6. The highest BCUT2D eigenvalue weighted by Gasteiger charge is 2.28. The van der Waals surface area contributed by atoms with Crippen molar-refractivity contribution in [1.29, 1.82) is 0 Å². The van der Waals surface area contributed by atoms with Crippen LogP contribution in [0.15, 0.2) is 80.7 Å². The van der Waals surface area contributed by atoms with Gasteiger partial charge in [0.25, 0.3) is 10.0 Å². The molecule has 0 radical (unpaired) electrons. The van der Waals surface area contributed by atoms with Crippen LogP contribution < -0.4 is 9.04 Å². The zero-order valence-corrected chi connectivity index (χ0v) is 19.7. The van der Waals surface area contributed by atoms with Crippen LogP contribution in [0.5, 0.6) is 5.75 Å². The van der Waals surface area contributed by atoms with Gasteiger partial charge in [0.15, 0.2) is 0 Å². The quantitative estimate of drug-likeness (QED) is 0.322. The number of thiophene rings is 1. The van der Waals surface area contributed by atoms with Crippen molar-refractivity contribution >= 4 is 27.0 Å². The van der Waals surface area contributed by atoms with Crippen LogP contribution in [0.1, 0.15) is 25.3 Å². The zero-order chi connectivity index (χ0) is 22.7. The Morgan fingerprint density at radius 3 is 2.38 bits per heavy atom. The predicted molar refractivity (Wildman–Crippen MR) is 127 cm³/mol. The fourth-order valence-corrected chi connectivity index (χ4v) is 5.74. The lowest BCUT2D eigenvalue weighted by molar-refractivity contribution is 0.242. The van der Waals surface area contributed by atoms with Crippen molar-refractivity contribution in [2.75, 3.05) is 4.31 Å². The van der Waals surface area contributed by atoms with Gasteiger partial charge in [-0.3, -0.25) is 4.31 Å². The van der Waals surface area contributed by atoms with Gasteiger partial charge in [-0.2, -0.15) is 0 Å². The topological polar surface area (TPSA) is 72.6 Å². The van der Waals surface area contributed by atoms with E-state index < -0.39 is 10.0 Å². The summed E-state index contributed by atoms with van der Waals surface area (Å²) >= 11 is 1.19. The molecule has 0 saturated carbocycles. The molecule has 0 atom stereocenters. The molecular weight excluding hydrogens is 444 g/mol. The Labute approximate surface area is 192 Å². The highest BCUT2D eigenvalue weighted by atomic mass is 32.2. The van der Waals surface area contributed by atoms with Crippen LogP contribution in [0.4, 0.5) is 5.69 Å². The molecule has 0 fully saturated rings. The second-order valence-corrected chi connectivity index (χ2v) is 10.5. The molecule has 0 saturated heterocycles. The molecule has 0 aliphatic rings. The largest absolute Gasteiger partial charge is 0.491 e. The maximum atomic E-state index is 13.4. The van der Waals surface area contributed by atoms with Crippen LogP contribution in [-0.4, -0.2) is 19.5 Å². The molecule has 2 aromatic heterocycles. The third-order valence-corrected chi connectivity index (χ3v) is 7.89. The SMILES string of the molecule is Cc1oc(-c2ccc(OC(C)C)cc2)nc1CN(c1ccccc1)S(=O)(=O)c1cccs1. The number of hydrogen-bond donors (Lipinski definition) is 0. The lowest BCUT2D eigenvalue weighted by Crippen LogP contribution is -2.30. The average molecular weight is 469 g/mol. The average Bonchev–Trinajstić information content (AvgIpc) is 3.43. The molecule has 0 bridgehead atoms. The van der Waals surface area contributed by atoms with E-state index in [-0.39, 0.29) is 16.9 Å². The Kier molecular flexibility index (Phi) is 6.34. The minimum atomic E-state index is -3.74. The molecule has 0 amide bonds. The first-order valence-corrected chi connectivity index (χ1v) is 12.5. The first-order valence-electron chi connectivity index (χ1n) is 10.2. The van der Waals surface area contributed by atoms with Crippen molar-refractivity contribution in [3.63, 3.8) is 0 Å². The number of ether oxygens (including phenoxy) is 1. The van der Waals surface area contributed by atoms with Crippen LogP contribution in [0.2, 0.25) is 0 Å². The van der Waals surface area contributed by atoms with Gasteiger partial charge >= 0.3 is 0 Å². The summed E-state index contributed by atoms with van der Waals surface area (Å²) in [7, 11) is -3.74. The summed E-state index contributed by atoms with van der Waals surface area (Å²) in [4.78, 5) is 4.62. The number of hydrogen-bond acceptors (Lipinski definition) is 6. The minimum absolute atomic E-state index is 0.0636. The molecule has 4 rings (SSSR count). The van der Waals surface area contributed by atoms with E-state index in [1.807, 2.05) is 56.3 Å². The predicted octanol–water partition coefficient (Wildman–Crippen LogP) is 5.89. The first kappa shape index (κ1) is 22.1. The second-order valence-electron chi connectivity index (χ2n) is 7.49. The molecule has 0 aliphatic heterocycles. The highest BCUT2D eigenvalue weighted by molar-refractivity contribution is 7.94. The summed E-state index contributed by atoms with van der Waals surface area (Å²) in [6.07, 6.45) is 0.0886. The Bertz CT molecular complexity index is 1260. The second kappa shape index (κ2) is 9.18. The van der Waals surface area contributed by atoms with Gasteiger partial charge in [-0.1, -0.05) is 24.3 Å². The number of benzene rings is 2. The molecule has 2 aromatic carbocycles. The van der Waals surface area contributed by atoms with E-state index >= 15 is 0 Å². The van der Waals surface area contributed by atoms with Gasteiger partial charge in [0.05, 0.1) is 18.3 Å². The maximum absolute atomic E-state index is 13.4. The third kappa shape index (κ3) is 4.71. The molecule has 0 unspecified atom stereocenters. The fourth-order valence-electron chi connectivity index (χ4n) is 3.21. The molecule has 32 heavy (non-hydrogen) atoms. The number of oxazole rings is 1. The van der Waals surface area contributed by atoms with Gasteiger partial charge in [-0.15, -0.1) is 11.3 Å². The summed E-state index contributed by atoms with van der Waals surface area (Å²) in [5.41, 5.74) is 1.93. The van der Waals surface area contributed by atoms with E-state index in [9.17, 15) is 8.42 Å². The van der Waals surface area contributed by atoms with E-state index in [1.165, 1.54) is 15.6 Å². The van der Waals surface area contributed by atoms with Crippen LogP contribution in [0.25, 0.3) is 11.5 Å². The summed E-state index contributed by atoms with van der Waals surface area (Å²) in [5.74, 6) is 1.78. The summed E-state index contributed by atoms with van der Waals surface area (Å²) < 4.78 is 40.0. The number of aryl methyl sites for hydroxylation is 1. The van der Waals surface area contributed by atoms with Crippen molar-refractivity contribution in [2.45, 2.75) is 37.6 Å². The molecular formula is C24H24N2O4S2. The van der Waals surface area contributed by atoms with Crippen LogP contribution in [-0.2, 0) is 16.6 Å². The monoisotopic (exact) mass is 468 g/mol. The van der Waals surface area contributed by atoms with E-state index in [2.05, 4.69) is 4.98 Å². The van der Waals surface area contributed by atoms with Gasteiger partial charge in [-0.05, 0) is 68.6 Å². The highest BCUT2D eigenvalue weighted by Crippen LogP contribution is 2.30. The van der Waals surface area contributed by atoms with Gasteiger partial charge in [0.2, 0.25) is 5.89 Å². The lowest BCUT2D eigenvalue weighted by atomic mass is 10.2. The number of rotatable bonds is 8. The number of para-hydroxylation sites is 1. The van der Waals surface area contributed by atoms with E-state index in [1.54, 1.807) is 36.6 Å². The summed E-state index contributed by atoms with van der Waals surface area (Å²) in [5, 5.41) is 1.75.